The summed E-state index contributed by atoms with van der Waals surface area (Å²) in [5.41, 5.74) is 6.64. The molecule has 0 fully saturated rings. The van der Waals surface area contributed by atoms with Gasteiger partial charge < -0.3 is 5.73 Å². The molecule has 1 nitrogen and oxygen atoms in total. The molecule has 2 rings (SSSR count). The molecule has 0 saturated heterocycles. The number of nitrogens with two attached hydrogens (primary N) is 1. The molecular weight excluding hydrogens is 218 g/mol. The van der Waals surface area contributed by atoms with Crippen molar-refractivity contribution in [2.24, 2.45) is 17.1 Å². The highest BCUT2D eigenvalue weighted by atomic mass is 14.5. The molecule has 0 saturated carbocycles. The molecule has 0 aromatic heterocycles. The van der Waals surface area contributed by atoms with E-state index < -0.39 is 0 Å². The first-order chi connectivity index (χ1) is 8.74. The van der Waals surface area contributed by atoms with E-state index >= 15 is 0 Å². The van der Waals surface area contributed by atoms with Crippen LogP contribution in [-0.2, 0) is 0 Å². The summed E-state index contributed by atoms with van der Waals surface area (Å²) in [4.78, 5) is 0. The monoisotopic (exact) mass is 237 g/mol. The molecule has 1 aromatic carbocycles. The Kier molecular flexibility index (Phi) is 4.02. The molecule has 0 bridgehead atoms. The first-order valence-corrected chi connectivity index (χ1v) is 6.39. The van der Waals surface area contributed by atoms with E-state index in [1.54, 1.807) is 0 Å². The zero-order valence-electron chi connectivity index (χ0n) is 10.8. The molecule has 0 aliphatic heterocycles. The molecular formula is C17H19N. The van der Waals surface area contributed by atoms with Gasteiger partial charge >= 0.3 is 0 Å². The van der Waals surface area contributed by atoms with Crippen molar-refractivity contribution in [1.82, 2.24) is 0 Å². The Balaban J connectivity index is 2.23. The van der Waals surface area contributed by atoms with Gasteiger partial charge in [-0.25, -0.2) is 0 Å². The average molecular weight is 237 g/mol. The third-order valence-corrected chi connectivity index (χ3v) is 3.39. The molecule has 2 unspecified atom stereocenters. The van der Waals surface area contributed by atoms with Crippen molar-refractivity contribution in [2.75, 3.05) is 6.54 Å². The first-order valence-electron chi connectivity index (χ1n) is 6.39. The second-order valence-electron chi connectivity index (χ2n) is 4.83. The Morgan fingerprint density at radius 2 is 2.00 bits per heavy atom. The van der Waals surface area contributed by atoms with Gasteiger partial charge in [0.05, 0.1) is 5.41 Å². The van der Waals surface area contributed by atoms with Crippen LogP contribution in [0, 0.1) is 23.2 Å². The van der Waals surface area contributed by atoms with E-state index in [9.17, 15) is 0 Å². The topological polar surface area (TPSA) is 26.0 Å². The largest absolute Gasteiger partial charge is 0.330 e. The van der Waals surface area contributed by atoms with Gasteiger partial charge in [-0.2, -0.15) is 0 Å². The highest BCUT2D eigenvalue weighted by Crippen LogP contribution is 2.34. The standard InChI is InChI=1S/C17H19N/c1-17(12-6-5-9-16(17)11-14-18)13-10-15-7-3-2-4-8-15/h2-9,12,16H,11,14,18H2,1H3. The van der Waals surface area contributed by atoms with Crippen molar-refractivity contribution in [3.8, 4) is 11.8 Å². The maximum absolute atomic E-state index is 5.68. The lowest BCUT2D eigenvalue weighted by atomic mass is 9.73. The van der Waals surface area contributed by atoms with E-state index in [4.69, 9.17) is 5.73 Å². The normalized spacial score (nSPS) is 25.6. The second kappa shape index (κ2) is 5.71. The van der Waals surface area contributed by atoms with Crippen molar-refractivity contribution in [1.29, 1.82) is 0 Å². The highest BCUT2D eigenvalue weighted by molar-refractivity contribution is 5.38. The summed E-state index contributed by atoms with van der Waals surface area (Å²) in [5.74, 6) is 7.08. The van der Waals surface area contributed by atoms with E-state index in [-0.39, 0.29) is 5.41 Å². The van der Waals surface area contributed by atoms with E-state index in [0.717, 1.165) is 12.0 Å². The summed E-state index contributed by atoms with van der Waals surface area (Å²) in [6.45, 7) is 2.88. The zero-order chi connectivity index (χ0) is 12.8. The van der Waals surface area contributed by atoms with Crippen LogP contribution in [0.4, 0.5) is 0 Å². The quantitative estimate of drug-likeness (QED) is 0.786. The summed E-state index contributed by atoms with van der Waals surface area (Å²) in [6.07, 6.45) is 9.54. The molecule has 0 amide bonds. The average Bonchev–Trinajstić information content (AvgIpc) is 2.41. The highest BCUT2D eigenvalue weighted by Gasteiger charge is 2.28. The molecule has 1 aliphatic carbocycles. The lowest BCUT2D eigenvalue weighted by molar-refractivity contribution is 0.386. The zero-order valence-corrected chi connectivity index (χ0v) is 10.8. The summed E-state index contributed by atoms with van der Waals surface area (Å²) < 4.78 is 0. The minimum Gasteiger partial charge on any atom is -0.330 e. The van der Waals surface area contributed by atoms with Crippen molar-refractivity contribution >= 4 is 0 Å². The third kappa shape index (κ3) is 2.91. The number of hydrogen-bond acceptors (Lipinski definition) is 1. The Labute approximate surface area is 109 Å². The fourth-order valence-corrected chi connectivity index (χ4v) is 2.22. The van der Waals surface area contributed by atoms with E-state index in [1.165, 1.54) is 0 Å². The smallest absolute Gasteiger partial charge is 0.0535 e. The van der Waals surface area contributed by atoms with Gasteiger partial charge in [-0.3, -0.25) is 0 Å². The van der Waals surface area contributed by atoms with Gasteiger partial charge in [0, 0.05) is 5.56 Å². The maximum atomic E-state index is 5.68. The van der Waals surface area contributed by atoms with Crippen molar-refractivity contribution < 1.29 is 0 Å². The summed E-state index contributed by atoms with van der Waals surface area (Å²) in [7, 11) is 0. The molecule has 92 valence electrons. The second-order valence-corrected chi connectivity index (χ2v) is 4.83. The number of allylic oxidation sites excluding steroid dienone is 4. The maximum Gasteiger partial charge on any atom is 0.0535 e. The Hall–Kier alpha value is -1.78. The summed E-state index contributed by atoms with van der Waals surface area (Å²) in [5, 5.41) is 0. The molecule has 2 N–H and O–H groups in total. The van der Waals surface area contributed by atoms with Crippen molar-refractivity contribution in [2.45, 2.75) is 13.3 Å². The van der Waals surface area contributed by atoms with Crippen molar-refractivity contribution in [3.05, 3.63) is 60.2 Å². The van der Waals surface area contributed by atoms with Gasteiger partial charge in [0.1, 0.15) is 0 Å². The predicted molar refractivity (Wildman–Crippen MR) is 76.9 cm³/mol. The van der Waals surface area contributed by atoms with E-state index in [0.29, 0.717) is 12.5 Å². The number of rotatable bonds is 2. The number of benzene rings is 1. The molecule has 2 atom stereocenters. The summed E-state index contributed by atoms with van der Waals surface area (Å²) >= 11 is 0. The van der Waals surface area contributed by atoms with Gasteiger partial charge in [-0.1, -0.05) is 54.3 Å². The summed E-state index contributed by atoms with van der Waals surface area (Å²) in [6, 6.07) is 10.1. The Morgan fingerprint density at radius 3 is 2.72 bits per heavy atom. The van der Waals surface area contributed by atoms with Gasteiger partial charge in [0.25, 0.3) is 0 Å². The van der Waals surface area contributed by atoms with Gasteiger partial charge in [0.15, 0.2) is 0 Å². The molecule has 0 spiro atoms. The lowest BCUT2D eigenvalue weighted by Crippen LogP contribution is -2.26. The Bertz CT molecular complexity index is 501. The number of hydrogen-bond donors (Lipinski definition) is 1. The minimum atomic E-state index is -0.107. The van der Waals surface area contributed by atoms with Gasteiger partial charge in [0.2, 0.25) is 0 Å². The van der Waals surface area contributed by atoms with Crippen LogP contribution in [0.3, 0.4) is 0 Å². The molecule has 1 aliphatic rings. The fraction of sp³-hybridized carbons (Fsp3) is 0.294. The predicted octanol–water partition coefficient (Wildman–Crippen LogP) is 3.14. The van der Waals surface area contributed by atoms with Crippen LogP contribution in [0.2, 0.25) is 0 Å². The van der Waals surface area contributed by atoms with Gasteiger partial charge in [-0.15, -0.1) is 0 Å². The molecule has 0 heterocycles. The van der Waals surface area contributed by atoms with Crippen LogP contribution in [0.15, 0.2) is 54.6 Å². The van der Waals surface area contributed by atoms with Gasteiger partial charge in [-0.05, 0) is 37.9 Å². The molecule has 18 heavy (non-hydrogen) atoms. The minimum absolute atomic E-state index is 0.107. The first kappa shape index (κ1) is 12.7. The third-order valence-electron chi connectivity index (χ3n) is 3.39. The van der Waals surface area contributed by atoms with Crippen LogP contribution in [-0.4, -0.2) is 6.54 Å². The molecule has 1 heteroatoms. The SMILES string of the molecule is CC1(C#Cc2ccccc2)C=CC=CC1CCN. The Morgan fingerprint density at radius 1 is 1.22 bits per heavy atom. The molecule has 1 aromatic rings. The van der Waals surface area contributed by atoms with Crippen LogP contribution in [0.1, 0.15) is 18.9 Å². The lowest BCUT2D eigenvalue weighted by Gasteiger charge is -2.30. The van der Waals surface area contributed by atoms with Crippen LogP contribution in [0.25, 0.3) is 0 Å². The van der Waals surface area contributed by atoms with Crippen LogP contribution in [0.5, 0.6) is 0 Å². The van der Waals surface area contributed by atoms with E-state index in [1.807, 2.05) is 30.3 Å². The van der Waals surface area contributed by atoms with Crippen LogP contribution < -0.4 is 5.73 Å². The van der Waals surface area contributed by atoms with Crippen LogP contribution >= 0.6 is 0 Å². The van der Waals surface area contributed by atoms with Crippen molar-refractivity contribution in [3.63, 3.8) is 0 Å². The fourth-order valence-electron chi connectivity index (χ4n) is 2.22. The molecule has 0 radical (unpaired) electrons. The van der Waals surface area contributed by atoms with E-state index in [2.05, 4.69) is 43.1 Å².